The Morgan fingerprint density at radius 3 is 1.17 bits per heavy atom. The van der Waals surface area contributed by atoms with Crippen molar-refractivity contribution in [1.29, 1.82) is 0 Å². The summed E-state index contributed by atoms with van der Waals surface area (Å²) < 4.78 is 0. The minimum absolute atomic E-state index is 0.00886. The van der Waals surface area contributed by atoms with E-state index in [1.807, 2.05) is 0 Å². The number of carbonyl (C=O) groups excluding carboxylic acids is 2. The molecule has 0 aliphatic rings. The van der Waals surface area contributed by atoms with E-state index in [2.05, 4.69) is 10.6 Å². The maximum atomic E-state index is 12.5. The van der Waals surface area contributed by atoms with Crippen LogP contribution in [0.15, 0.2) is 36.4 Å². The molecule has 0 atom stereocenters. The Bertz CT molecular complexity index is 1290. The topological polar surface area (TPSA) is 261 Å². The number of phenols is 4. The van der Waals surface area contributed by atoms with Gasteiger partial charge in [0, 0.05) is 39.3 Å². The van der Waals surface area contributed by atoms with Gasteiger partial charge in [-0.05, 0) is 48.2 Å². The smallest absolute Gasteiger partial charge is 0.317 e. The molecule has 0 saturated carbocycles. The number of aromatic hydroxyl groups is 4. The average Bonchev–Trinajstić information content (AvgIpc) is 2.97. The van der Waals surface area contributed by atoms with Gasteiger partial charge in [0.05, 0.1) is 32.7 Å². The van der Waals surface area contributed by atoms with Gasteiger partial charge in [-0.2, -0.15) is 0 Å². The zero-order valence-electron chi connectivity index (χ0n) is 25.7. The maximum absolute atomic E-state index is 12.5. The molecule has 0 radical (unpaired) electrons. The molecule has 0 fully saturated rings. The Morgan fingerprint density at radius 2 is 0.830 bits per heavy atom. The van der Waals surface area contributed by atoms with E-state index in [0.717, 1.165) is 0 Å². The average molecular weight is 664 g/mol. The van der Waals surface area contributed by atoms with Gasteiger partial charge in [-0.15, -0.1) is 0 Å². The van der Waals surface area contributed by atoms with E-state index in [-0.39, 0.29) is 75.4 Å². The van der Waals surface area contributed by atoms with Gasteiger partial charge in [-0.1, -0.05) is 12.1 Å². The van der Waals surface area contributed by atoms with E-state index in [9.17, 15) is 59.7 Å². The molecule has 2 aromatic carbocycles. The van der Waals surface area contributed by atoms with Crippen LogP contribution in [0.4, 0.5) is 0 Å². The highest BCUT2D eigenvalue weighted by molar-refractivity contribution is 5.79. The van der Waals surface area contributed by atoms with Crippen molar-refractivity contribution < 1.29 is 59.7 Å². The first kappa shape index (κ1) is 38.1. The Kier molecular flexibility index (Phi) is 15.7. The van der Waals surface area contributed by atoms with E-state index >= 15 is 0 Å². The van der Waals surface area contributed by atoms with E-state index < -0.39 is 49.4 Å². The van der Waals surface area contributed by atoms with Gasteiger partial charge >= 0.3 is 17.9 Å². The van der Waals surface area contributed by atoms with Crippen LogP contribution in [0.3, 0.4) is 0 Å². The fourth-order valence-electron chi connectivity index (χ4n) is 4.50. The summed E-state index contributed by atoms with van der Waals surface area (Å²) >= 11 is 0. The molecule has 47 heavy (non-hydrogen) atoms. The van der Waals surface area contributed by atoms with Crippen LogP contribution in [0.2, 0.25) is 0 Å². The first-order chi connectivity index (χ1) is 22.2. The number of carbonyl (C=O) groups is 5. The normalized spacial score (nSPS) is 11.1. The number of rotatable bonds is 22. The van der Waals surface area contributed by atoms with Gasteiger partial charge in [0.1, 0.15) is 0 Å². The molecule has 0 aliphatic carbocycles. The second kappa shape index (κ2) is 19.4. The van der Waals surface area contributed by atoms with Gasteiger partial charge in [0.2, 0.25) is 11.8 Å². The molecule has 0 saturated heterocycles. The predicted molar refractivity (Wildman–Crippen MR) is 165 cm³/mol. The standard InChI is InChI=1S/C30H41N5O12/c36-22-3-1-20(13-24(22)38)5-7-31-26(40)15-34(18-29(44)45)11-9-33(17-28(42)43)10-12-35(19-30(46)47)16-27(41)32-8-6-21-2-4-23(37)25(39)14-21/h1-4,13-14,36-39H,5-12,15-19H2,(H,31,40)(H,32,41)(H,42,43)(H,44,45)(H,46,47). The largest absolute Gasteiger partial charge is 0.504 e. The third-order valence-corrected chi connectivity index (χ3v) is 6.83. The Balaban J connectivity index is 1.90. The number of phenolic OH excluding ortho intramolecular Hbond substituents is 4. The minimum atomic E-state index is -1.21. The van der Waals surface area contributed by atoms with Gasteiger partial charge in [0.15, 0.2) is 23.0 Å². The van der Waals surface area contributed by atoms with Crippen molar-refractivity contribution >= 4 is 29.7 Å². The van der Waals surface area contributed by atoms with E-state index in [4.69, 9.17) is 0 Å². The Labute approximate surface area is 270 Å². The molecule has 0 bridgehead atoms. The van der Waals surface area contributed by atoms with Crippen LogP contribution >= 0.6 is 0 Å². The van der Waals surface area contributed by atoms with Crippen molar-refractivity contribution in [1.82, 2.24) is 25.3 Å². The van der Waals surface area contributed by atoms with Crippen LogP contribution in [-0.4, -0.2) is 152 Å². The van der Waals surface area contributed by atoms with E-state index in [0.29, 0.717) is 24.0 Å². The number of carboxylic acids is 3. The number of amides is 2. The molecule has 2 rings (SSSR count). The maximum Gasteiger partial charge on any atom is 0.317 e. The molecule has 0 aromatic heterocycles. The highest BCUT2D eigenvalue weighted by Gasteiger charge is 2.20. The van der Waals surface area contributed by atoms with Gasteiger partial charge in [0.25, 0.3) is 0 Å². The molecule has 2 amide bonds. The lowest BCUT2D eigenvalue weighted by Gasteiger charge is -2.28. The van der Waals surface area contributed by atoms with Crippen molar-refractivity contribution in [3.8, 4) is 23.0 Å². The fraction of sp³-hybridized carbons (Fsp3) is 0.433. The molecule has 0 spiro atoms. The monoisotopic (exact) mass is 663 g/mol. The third kappa shape index (κ3) is 15.6. The van der Waals surface area contributed by atoms with Crippen LogP contribution in [0.25, 0.3) is 0 Å². The fourth-order valence-corrected chi connectivity index (χ4v) is 4.50. The molecule has 258 valence electrons. The van der Waals surface area contributed by atoms with Crippen LogP contribution in [0.1, 0.15) is 11.1 Å². The number of hydrogen-bond acceptors (Lipinski definition) is 12. The summed E-state index contributed by atoms with van der Waals surface area (Å²) in [7, 11) is 0. The summed E-state index contributed by atoms with van der Waals surface area (Å²) in [5.41, 5.74) is 1.30. The quantitative estimate of drug-likeness (QED) is 0.0662. The molecule has 9 N–H and O–H groups in total. The summed E-state index contributed by atoms with van der Waals surface area (Å²) in [6, 6.07) is 8.48. The lowest BCUT2D eigenvalue weighted by atomic mass is 10.1. The van der Waals surface area contributed by atoms with Gasteiger partial charge < -0.3 is 46.4 Å². The SMILES string of the molecule is O=C(O)CN(CCN(CC(=O)O)CC(=O)NCCc1ccc(O)c(O)c1)CCN(CC(=O)O)CC(=O)NCCc1ccc(O)c(O)c1. The predicted octanol–water partition coefficient (Wildman–Crippen LogP) is -1.31. The molecule has 17 nitrogen and oxygen atoms in total. The molecule has 2 aromatic rings. The number of nitrogens with zero attached hydrogens (tertiary/aromatic N) is 3. The first-order valence-electron chi connectivity index (χ1n) is 14.6. The lowest BCUT2D eigenvalue weighted by molar-refractivity contribution is -0.141. The second-order valence-electron chi connectivity index (χ2n) is 10.7. The minimum Gasteiger partial charge on any atom is -0.504 e. The van der Waals surface area contributed by atoms with Crippen molar-refractivity contribution in [2.24, 2.45) is 0 Å². The van der Waals surface area contributed by atoms with Crippen LogP contribution in [0, 0.1) is 0 Å². The molecule has 0 unspecified atom stereocenters. The Morgan fingerprint density at radius 1 is 0.489 bits per heavy atom. The first-order valence-corrected chi connectivity index (χ1v) is 14.6. The molecule has 0 heterocycles. The number of carboxylic acid groups (broad SMARTS) is 3. The highest BCUT2D eigenvalue weighted by Crippen LogP contribution is 2.25. The van der Waals surface area contributed by atoms with Gasteiger partial charge in [-0.3, -0.25) is 38.7 Å². The summed E-state index contributed by atoms with van der Waals surface area (Å²) in [5, 5.41) is 71.4. The molecule has 0 aliphatic heterocycles. The number of nitrogens with one attached hydrogen (secondary N) is 2. The van der Waals surface area contributed by atoms with Crippen LogP contribution in [-0.2, 0) is 36.8 Å². The summed E-state index contributed by atoms with van der Waals surface area (Å²) in [5.74, 6) is -5.72. The Hall–Kier alpha value is -5.13. The summed E-state index contributed by atoms with van der Waals surface area (Å²) in [4.78, 5) is 63.5. The number of hydrogen-bond donors (Lipinski definition) is 9. The van der Waals surface area contributed by atoms with Crippen molar-refractivity contribution in [2.45, 2.75) is 12.8 Å². The van der Waals surface area contributed by atoms with Crippen LogP contribution in [0.5, 0.6) is 23.0 Å². The molecule has 17 heteroatoms. The number of benzene rings is 2. The zero-order chi connectivity index (χ0) is 34.9. The summed E-state index contributed by atoms with van der Waals surface area (Å²) in [6.07, 6.45) is 0.664. The zero-order valence-corrected chi connectivity index (χ0v) is 25.7. The van der Waals surface area contributed by atoms with E-state index in [1.54, 1.807) is 12.1 Å². The number of aliphatic carboxylic acids is 3. The van der Waals surface area contributed by atoms with Crippen molar-refractivity contribution in [3.05, 3.63) is 47.5 Å². The lowest BCUT2D eigenvalue weighted by Crippen LogP contribution is -2.47. The van der Waals surface area contributed by atoms with Crippen molar-refractivity contribution in [2.75, 3.05) is 72.0 Å². The molecular formula is C30H41N5O12. The van der Waals surface area contributed by atoms with Gasteiger partial charge in [-0.25, -0.2) is 0 Å². The molecular weight excluding hydrogens is 622 g/mol. The van der Waals surface area contributed by atoms with Crippen LogP contribution < -0.4 is 10.6 Å². The highest BCUT2D eigenvalue weighted by atomic mass is 16.4. The second-order valence-corrected chi connectivity index (χ2v) is 10.7. The third-order valence-electron chi connectivity index (χ3n) is 6.83. The van der Waals surface area contributed by atoms with Crippen molar-refractivity contribution in [3.63, 3.8) is 0 Å². The summed E-state index contributed by atoms with van der Waals surface area (Å²) in [6.45, 7) is -1.71. The van der Waals surface area contributed by atoms with E-state index in [1.165, 1.54) is 39.0 Å².